The van der Waals surface area contributed by atoms with Crippen LogP contribution >= 0.6 is 15.9 Å². The Morgan fingerprint density at radius 1 is 1.56 bits per heavy atom. The second kappa shape index (κ2) is 4.85. The van der Waals surface area contributed by atoms with Crippen LogP contribution in [0.2, 0.25) is 0 Å². The van der Waals surface area contributed by atoms with Gasteiger partial charge < -0.3 is 4.57 Å². The largest absolute Gasteiger partial charge is 0.339 e. The summed E-state index contributed by atoms with van der Waals surface area (Å²) in [6.07, 6.45) is 3.65. The van der Waals surface area contributed by atoms with E-state index in [1.807, 2.05) is 13.8 Å². The fourth-order valence-corrected chi connectivity index (χ4v) is 3.65. The predicted octanol–water partition coefficient (Wildman–Crippen LogP) is 1.26. The number of nitrogens with zero attached hydrogens (tertiary/aromatic N) is 2. The van der Waals surface area contributed by atoms with Crippen LogP contribution in [-0.4, -0.2) is 28.8 Å². The first-order chi connectivity index (χ1) is 7.27. The maximum atomic E-state index is 11.9. The predicted molar refractivity (Wildman–Crippen MR) is 66.0 cm³/mol. The number of sulfonamides is 1. The SMILES string of the molecule is Cn1cnc(S(=O)(=O)NC(C)(C)CCBr)c1. The van der Waals surface area contributed by atoms with Gasteiger partial charge in [0.25, 0.3) is 10.0 Å². The topological polar surface area (TPSA) is 64.0 Å². The average molecular weight is 310 g/mol. The average Bonchev–Trinajstić information content (AvgIpc) is 2.49. The molecule has 0 bridgehead atoms. The van der Waals surface area contributed by atoms with E-state index in [2.05, 4.69) is 25.6 Å². The lowest BCUT2D eigenvalue weighted by atomic mass is 10.0. The fraction of sp³-hybridized carbons (Fsp3) is 0.667. The van der Waals surface area contributed by atoms with Crippen molar-refractivity contribution in [2.75, 3.05) is 5.33 Å². The number of imidazole rings is 1. The van der Waals surface area contributed by atoms with Crippen molar-refractivity contribution in [3.8, 4) is 0 Å². The second-order valence-corrected chi connectivity index (χ2v) is 6.73. The Balaban J connectivity index is 2.88. The fourth-order valence-electron chi connectivity index (χ4n) is 1.23. The Labute approximate surface area is 104 Å². The molecule has 0 aromatic carbocycles. The molecule has 0 aliphatic carbocycles. The van der Waals surface area contributed by atoms with Crippen molar-refractivity contribution in [1.29, 1.82) is 0 Å². The third-order valence-corrected chi connectivity index (χ3v) is 4.07. The van der Waals surface area contributed by atoms with E-state index in [0.29, 0.717) is 6.42 Å². The van der Waals surface area contributed by atoms with Gasteiger partial charge in [0, 0.05) is 24.1 Å². The number of aryl methyl sites for hydroxylation is 1. The number of alkyl halides is 1. The Hall–Kier alpha value is -0.400. The zero-order chi connectivity index (χ0) is 12.4. The van der Waals surface area contributed by atoms with Gasteiger partial charge in [-0.05, 0) is 20.3 Å². The van der Waals surface area contributed by atoms with Crippen molar-refractivity contribution in [2.45, 2.75) is 30.8 Å². The molecule has 0 fully saturated rings. The Morgan fingerprint density at radius 2 is 2.19 bits per heavy atom. The van der Waals surface area contributed by atoms with Gasteiger partial charge in [0.2, 0.25) is 0 Å². The van der Waals surface area contributed by atoms with E-state index in [4.69, 9.17) is 0 Å². The molecule has 7 heteroatoms. The van der Waals surface area contributed by atoms with Crippen molar-refractivity contribution in [2.24, 2.45) is 7.05 Å². The molecule has 0 spiro atoms. The molecule has 1 aromatic rings. The summed E-state index contributed by atoms with van der Waals surface area (Å²) < 4.78 is 28.1. The minimum Gasteiger partial charge on any atom is -0.339 e. The van der Waals surface area contributed by atoms with Gasteiger partial charge in [0.1, 0.15) is 0 Å². The molecule has 5 nitrogen and oxygen atoms in total. The van der Waals surface area contributed by atoms with Crippen molar-refractivity contribution >= 4 is 26.0 Å². The monoisotopic (exact) mass is 309 g/mol. The molecule has 0 atom stereocenters. The molecule has 16 heavy (non-hydrogen) atoms. The van der Waals surface area contributed by atoms with Gasteiger partial charge in [-0.1, -0.05) is 15.9 Å². The minimum atomic E-state index is -3.52. The molecule has 0 aliphatic heterocycles. The summed E-state index contributed by atoms with van der Waals surface area (Å²) in [5.41, 5.74) is -0.486. The third-order valence-electron chi connectivity index (χ3n) is 2.09. The molecule has 0 saturated heterocycles. The van der Waals surface area contributed by atoms with Crippen molar-refractivity contribution in [3.05, 3.63) is 12.5 Å². The first kappa shape index (κ1) is 13.7. The van der Waals surface area contributed by atoms with Crippen molar-refractivity contribution < 1.29 is 8.42 Å². The molecule has 92 valence electrons. The third kappa shape index (κ3) is 3.57. The highest BCUT2D eigenvalue weighted by Crippen LogP contribution is 2.15. The quantitative estimate of drug-likeness (QED) is 0.833. The maximum Gasteiger partial charge on any atom is 0.260 e. The Morgan fingerprint density at radius 3 is 2.62 bits per heavy atom. The number of halogens is 1. The normalized spacial score (nSPS) is 13.0. The van der Waals surface area contributed by atoms with Crippen LogP contribution in [0.1, 0.15) is 20.3 Å². The summed E-state index contributed by atoms with van der Waals surface area (Å²) >= 11 is 3.30. The minimum absolute atomic E-state index is 0.0534. The number of hydrogen-bond acceptors (Lipinski definition) is 3. The molecule has 0 radical (unpaired) electrons. The van der Waals surface area contributed by atoms with Crippen LogP contribution in [0.3, 0.4) is 0 Å². The van der Waals surface area contributed by atoms with Gasteiger partial charge in [-0.2, -0.15) is 0 Å². The van der Waals surface area contributed by atoms with Crippen LogP contribution in [0.4, 0.5) is 0 Å². The number of hydrogen-bond donors (Lipinski definition) is 1. The van der Waals surface area contributed by atoms with Gasteiger partial charge in [0.05, 0.1) is 6.33 Å². The van der Waals surface area contributed by atoms with E-state index in [1.165, 1.54) is 12.5 Å². The van der Waals surface area contributed by atoms with Crippen LogP contribution < -0.4 is 4.72 Å². The molecule has 0 saturated carbocycles. The smallest absolute Gasteiger partial charge is 0.260 e. The van der Waals surface area contributed by atoms with E-state index in [1.54, 1.807) is 11.6 Å². The summed E-state index contributed by atoms with van der Waals surface area (Å²) in [5, 5.41) is 0.794. The molecule has 0 aliphatic rings. The van der Waals surface area contributed by atoms with E-state index >= 15 is 0 Å². The van der Waals surface area contributed by atoms with Crippen LogP contribution in [0.15, 0.2) is 17.6 Å². The van der Waals surface area contributed by atoms with Crippen LogP contribution in [0.25, 0.3) is 0 Å². The Kier molecular flexibility index (Phi) is 4.14. The molecular formula is C9H16BrN3O2S. The molecule has 1 heterocycles. The van der Waals surface area contributed by atoms with Crippen molar-refractivity contribution in [1.82, 2.24) is 14.3 Å². The lowest BCUT2D eigenvalue weighted by Crippen LogP contribution is -2.43. The number of rotatable bonds is 5. The second-order valence-electron chi connectivity index (χ2n) is 4.31. The Bertz CT molecular complexity index is 453. The zero-order valence-electron chi connectivity index (χ0n) is 9.57. The first-order valence-electron chi connectivity index (χ1n) is 4.85. The summed E-state index contributed by atoms with van der Waals surface area (Å²) in [7, 11) is -1.79. The molecular weight excluding hydrogens is 294 g/mol. The van der Waals surface area contributed by atoms with E-state index in [0.717, 1.165) is 5.33 Å². The van der Waals surface area contributed by atoms with Gasteiger partial charge in [-0.3, -0.25) is 0 Å². The molecule has 1 aromatic heterocycles. The first-order valence-corrected chi connectivity index (χ1v) is 7.45. The maximum absolute atomic E-state index is 11.9. The highest BCUT2D eigenvalue weighted by Gasteiger charge is 2.26. The number of nitrogens with one attached hydrogen (secondary N) is 1. The zero-order valence-corrected chi connectivity index (χ0v) is 12.0. The standard InChI is InChI=1S/C9H16BrN3O2S/c1-9(2,4-5-10)12-16(14,15)8-6-13(3)7-11-8/h6-7,12H,4-5H2,1-3H3. The van der Waals surface area contributed by atoms with Crippen LogP contribution in [0, 0.1) is 0 Å². The summed E-state index contributed by atoms with van der Waals surface area (Å²) in [5.74, 6) is 0. The molecule has 0 amide bonds. The van der Waals surface area contributed by atoms with Crippen LogP contribution in [-0.2, 0) is 17.1 Å². The van der Waals surface area contributed by atoms with Gasteiger partial charge in [0.15, 0.2) is 5.03 Å². The highest BCUT2D eigenvalue weighted by molar-refractivity contribution is 9.09. The highest BCUT2D eigenvalue weighted by atomic mass is 79.9. The van der Waals surface area contributed by atoms with E-state index < -0.39 is 15.6 Å². The molecule has 1 rings (SSSR count). The van der Waals surface area contributed by atoms with Crippen molar-refractivity contribution in [3.63, 3.8) is 0 Å². The van der Waals surface area contributed by atoms with Gasteiger partial charge in [-0.25, -0.2) is 18.1 Å². The lowest BCUT2D eigenvalue weighted by molar-refractivity contribution is 0.442. The lowest BCUT2D eigenvalue weighted by Gasteiger charge is -2.24. The summed E-state index contributed by atoms with van der Waals surface area (Å²) in [6.45, 7) is 3.68. The molecule has 0 unspecified atom stereocenters. The molecule has 1 N–H and O–H groups in total. The summed E-state index contributed by atoms with van der Waals surface area (Å²) in [6, 6.07) is 0. The van der Waals surface area contributed by atoms with Gasteiger partial charge in [-0.15, -0.1) is 0 Å². The summed E-state index contributed by atoms with van der Waals surface area (Å²) in [4.78, 5) is 3.83. The van der Waals surface area contributed by atoms with Gasteiger partial charge >= 0.3 is 0 Å². The number of aromatic nitrogens is 2. The van der Waals surface area contributed by atoms with Crippen LogP contribution in [0.5, 0.6) is 0 Å². The van der Waals surface area contributed by atoms with E-state index in [9.17, 15) is 8.42 Å². The van der Waals surface area contributed by atoms with E-state index in [-0.39, 0.29) is 5.03 Å².